The van der Waals surface area contributed by atoms with Crippen molar-refractivity contribution >= 4 is 23.0 Å². The summed E-state index contributed by atoms with van der Waals surface area (Å²) in [6.07, 6.45) is 0. The van der Waals surface area contributed by atoms with Gasteiger partial charge in [-0.05, 0) is 31.5 Å². The van der Waals surface area contributed by atoms with E-state index in [0.29, 0.717) is 22.0 Å². The molecule has 1 aromatic carbocycles. The molecule has 0 radical (unpaired) electrons. The van der Waals surface area contributed by atoms with Crippen molar-refractivity contribution in [2.24, 2.45) is 0 Å². The molecular formula is C13H23ClN2. The van der Waals surface area contributed by atoms with Gasteiger partial charge in [0.1, 0.15) is 0 Å². The first kappa shape index (κ1) is 17.4. The van der Waals surface area contributed by atoms with E-state index in [1.54, 1.807) is 6.92 Å². The topological polar surface area (TPSA) is 49.9 Å². The van der Waals surface area contributed by atoms with Gasteiger partial charge in [0.25, 0.3) is 0 Å². The third-order valence-electron chi connectivity index (χ3n) is 1.64. The molecule has 0 aromatic heterocycles. The summed E-state index contributed by atoms with van der Waals surface area (Å²) in [6.45, 7) is 11.6. The van der Waals surface area contributed by atoms with Gasteiger partial charge < -0.3 is 11.1 Å². The molecule has 0 spiro atoms. The number of hydrogen-bond donors (Lipinski definition) is 2. The Morgan fingerprint density at radius 2 is 1.62 bits per heavy atom. The van der Waals surface area contributed by atoms with E-state index in [1.165, 1.54) is 0 Å². The highest BCUT2D eigenvalue weighted by Gasteiger charge is 2.06. The molecule has 0 bridgehead atoms. The first-order chi connectivity index (χ1) is 7.52. The van der Waals surface area contributed by atoms with E-state index in [9.17, 15) is 0 Å². The summed E-state index contributed by atoms with van der Waals surface area (Å²) >= 11 is 5.91. The van der Waals surface area contributed by atoms with Gasteiger partial charge in [-0.1, -0.05) is 39.3 Å². The Hall–Kier alpha value is -1.02. The molecular weight excluding hydrogens is 220 g/mol. The molecule has 3 N–H and O–H groups in total. The van der Waals surface area contributed by atoms with Crippen molar-refractivity contribution in [3.63, 3.8) is 0 Å². The normalized spacial score (nSPS) is 8.19. The minimum Gasteiger partial charge on any atom is -0.398 e. The highest BCUT2D eigenvalue weighted by atomic mass is 35.5. The van der Waals surface area contributed by atoms with Crippen LogP contribution in [0.3, 0.4) is 0 Å². The summed E-state index contributed by atoms with van der Waals surface area (Å²) in [4.78, 5) is 0. The number of aryl methyl sites for hydroxylation is 1. The van der Waals surface area contributed by atoms with Gasteiger partial charge >= 0.3 is 0 Å². The molecule has 0 unspecified atom stereocenters. The fourth-order valence-electron chi connectivity index (χ4n) is 1.16. The molecule has 0 amide bonds. The zero-order chi connectivity index (χ0) is 13.3. The van der Waals surface area contributed by atoms with Gasteiger partial charge in [-0.3, -0.25) is 0 Å². The van der Waals surface area contributed by atoms with Gasteiger partial charge in [-0.15, -0.1) is 0 Å². The van der Waals surface area contributed by atoms with Crippen molar-refractivity contribution in [2.45, 2.75) is 41.5 Å². The first-order valence-corrected chi connectivity index (χ1v) is 6.01. The number of rotatable bonds is 1. The Balaban J connectivity index is 0. The highest BCUT2D eigenvalue weighted by molar-refractivity contribution is 6.34. The molecule has 1 rings (SSSR count). The predicted octanol–water partition coefficient (Wildman–Crippen LogP) is 4.67. The van der Waals surface area contributed by atoms with Gasteiger partial charge in [0.15, 0.2) is 0 Å². The summed E-state index contributed by atoms with van der Waals surface area (Å²) < 4.78 is 0. The van der Waals surface area contributed by atoms with Gasteiger partial charge in [-0.25, -0.2) is 0 Å². The number of hydrogen-bond acceptors (Lipinski definition) is 2. The van der Waals surface area contributed by atoms with Crippen LogP contribution in [-0.2, 0) is 0 Å². The summed E-state index contributed by atoms with van der Waals surface area (Å²) in [7, 11) is 0. The maximum Gasteiger partial charge on any atom is 0.0519 e. The lowest BCUT2D eigenvalue weighted by Gasteiger charge is -2.07. The zero-order valence-corrected chi connectivity index (χ0v) is 11.9. The average Bonchev–Trinajstić information content (AvgIpc) is 2.21. The fraction of sp³-hybridized carbons (Fsp3) is 0.462. The average molecular weight is 243 g/mol. The van der Waals surface area contributed by atoms with E-state index in [2.05, 4.69) is 0 Å². The maximum absolute atomic E-state index is 7.42. The van der Waals surface area contributed by atoms with Crippen molar-refractivity contribution in [3.05, 3.63) is 28.3 Å². The van der Waals surface area contributed by atoms with Crippen LogP contribution in [0, 0.1) is 12.3 Å². The van der Waals surface area contributed by atoms with E-state index in [-0.39, 0.29) is 0 Å². The van der Waals surface area contributed by atoms with Crippen LogP contribution in [0.25, 0.3) is 0 Å². The quantitative estimate of drug-likeness (QED) is 0.546. The van der Waals surface area contributed by atoms with Crippen molar-refractivity contribution < 1.29 is 0 Å². The predicted molar refractivity (Wildman–Crippen MR) is 75.8 cm³/mol. The molecule has 0 saturated carbocycles. The molecule has 1 aromatic rings. The molecule has 0 heterocycles. The van der Waals surface area contributed by atoms with Crippen LogP contribution >= 0.6 is 11.6 Å². The Labute approximate surface area is 104 Å². The molecule has 16 heavy (non-hydrogen) atoms. The summed E-state index contributed by atoms with van der Waals surface area (Å²) in [6, 6.07) is 3.63. The van der Waals surface area contributed by atoms with E-state index in [0.717, 1.165) is 5.56 Å². The van der Waals surface area contributed by atoms with Crippen LogP contribution in [0.1, 0.15) is 45.7 Å². The standard InChI is InChI=1S/C9H11ClN2.2C2H6/c1-5-3-7(10)9(6(2)11)8(12)4-5;2*1-2/h3-4,11H,12H2,1-2H3;2*1-2H3. The van der Waals surface area contributed by atoms with Gasteiger partial charge in [0.05, 0.1) is 5.02 Å². The van der Waals surface area contributed by atoms with E-state index in [4.69, 9.17) is 22.7 Å². The smallest absolute Gasteiger partial charge is 0.0519 e. The van der Waals surface area contributed by atoms with E-state index in [1.807, 2.05) is 46.8 Å². The van der Waals surface area contributed by atoms with E-state index < -0.39 is 0 Å². The zero-order valence-electron chi connectivity index (χ0n) is 11.1. The van der Waals surface area contributed by atoms with Gasteiger partial charge in [0.2, 0.25) is 0 Å². The van der Waals surface area contributed by atoms with Crippen LogP contribution in [0.5, 0.6) is 0 Å². The number of nitrogen functional groups attached to an aromatic ring is 1. The van der Waals surface area contributed by atoms with Crippen molar-refractivity contribution in [2.75, 3.05) is 5.73 Å². The number of benzene rings is 1. The molecule has 92 valence electrons. The lowest BCUT2D eigenvalue weighted by atomic mass is 10.1. The number of nitrogens with two attached hydrogens (primary N) is 1. The van der Waals surface area contributed by atoms with Crippen molar-refractivity contribution in [1.29, 1.82) is 5.41 Å². The largest absolute Gasteiger partial charge is 0.398 e. The Kier molecular flexibility index (Phi) is 10.0. The first-order valence-electron chi connectivity index (χ1n) is 5.63. The van der Waals surface area contributed by atoms with Crippen LogP contribution in [-0.4, -0.2) is 5.71 Å². The van der Waals surface area contributed by atoms with Crippen LogP contribution < -0.4 is 5.73 Å². The molecule has 0 saturated heterocycles. The molecule has 0 aliphatic carbocycles. The Bertz CT molecular complexity index is 310. The van der Waals surface area contributed by atoms with Crippen LogP contribution in [0.4, 0.5) is 5.69 Å². The maximum atomic E-state index is 7.42. The molecule has 0 fully saturated rings. The van der Waals surface area contributed by atoms with Gasteiger partial charge in [-0.2, -0.15) is 0 Å². The second-order valence-electron chi connectivity index (χ2n) is 2.84. The SMILES string of the molecule is CC.CC.CC(=N)c1c(N)cc(C)cc1Cl. The van der Waals surface area contributed by atoms with Crippen LogP contribution in [0.2, 0.25) is 5.02 Å². The minimum absolute atomic E-state index is 0.400. The van der Waals surface area contributed by atoms with Crippen molar-refractivity contribution in [1.82, 2.24) is 0 Å². The molecule has 0 aliphatic rings. The van der Waals surface area contributed by atoms with Gasteiger partial charge in [0, 0.05) is 17.0 Å². The summed E-state index contributed by atoms with van der Waals surface area (Å²) in [5, 5.41) is 7.98. The number of anilines is 1. The molecule has 2 nitrogen and oxygen atoms in total. The molecule has 0 atom stereocenters. The monoisotopic (exact) mass is 242 g/mol. The third kappa shape index (κ3) is 5.17. The Morgan fingerprint density at radius 1 is 1.19 bits per heavy atom. The third-order valence-corrected chi connectivity index (χ3v) is 1.94. The molecule has 0 aliphatic heterocycles. The minimum atomic E-state index is 0.400. The lowest BCUT2D eigenvalue weighted by molar-refractivity contribution is 1.42. The summed E-state index contributed by atoms with van der Waals surface area (Å²) in [5.41, 5.74) is 8.33. The molecule has 3 heteroatoms. The van der Waals surface area contributed by atoms with E-state index >= 15 is 0 Å². The second-order valence-corrected chi connectivity index (χ2v) is 3.24. The number of halogens is 1. The van der Waals surface area contributed by atoms with Crippen molar-refractivity contribution in [3.8, 4) is 0 Å². The second kappa shape index (κ2) is 9.22. The number of nitrogens with one attached hydrogen (secondary N) is 1. The highest BCUT2D eigenvalue weighted by Crippen LogP contribution is 2.24. The summed E-state index contributed by atoms with van der Waals surface area (Å²) in [5.74, 6) is 0. The van der Waals surface area contributed by atoms with Crippen LogP contribution in [0.15, 0.2) is 12.1 Å². The Morgan fingerprint density at radius 3 is 1.94 bits per heavy atom. The lowest BCUT2D eigenvalue weighted by Crippen LogP contribution is -2.01. The fourth-order valence-corrected chi connectivity index (χ4v) is 1.59.